The van der Waals surface area contributed by atoms with Crippen LogP contribution < -0.4 is 10.6 Å². The largest absolute Gasteiger partial charge is 0.317 e. The molecular weight excluding hydrogens is 186 g/mol. The Morgan fingerprint density at radius 3 is 1.93 bits per heavy atom. The van der Waals surface area contributed by atoms with Gasteiger partial charge in [-0.2, -0.15) is 0 Å². The minimum atomic E-state index is 1.17. The summed E-state index contributed by atoms with van der Waals surface area (Å²) in [6.45, 7) is 10.8. The van der Waals surface area contributed by atoms with Crippen molar-refractivity contribution in [3.05, 3.63) is 0 Å². The Kier molecular flexibility index (Phi) is 7.88. The van der Waals surface area contributed by atoms with E-state index in [1.807, 2.05) is 0 Å². The quantitative estimate of drug-likeness (QED) is 0.718. The highest BCUT2D eigenvalue weighted by Gasteiger charge is 2.03. The Morgan fingerprint density at radius 1 is 0.867 bits per heavy atom. The summed E-state index contributed by atoms with van der Waals surface area (Å²) in [4.78, 5) is 2.60. The van der Waals surface area contributed by atoms with E-state index in [0.29, 0.717) is 0 Å². The monoisotopic (exact) mass is 213 g/mol. The van der Waals surface area contributed by atoms with Crippen LogP contribution in [0.15, 0.2) is 0 Å². The van der Waals surface area contributed by atoms with E-state index in [-0.39, 0.29) is 0 Å². The molecule has 0 aromatic carbocycles. The Morgan fingerprint density at radius 2 is 1.40 bits per heavy atom. The van der Waals surface area contributed by atoms with Crippen LogP contribution in [0.2, 0.25) is 0 Å². The van der Waals surface area contributed by atoms with Crippen LogP contribution in [-0.2, 0) is 0 Å². The van der Waals surface area contributed by atoms with Crippen molar-refractivity contribution in [2.75, 3.05) is 45.8 Å². The Balaban J connectivity index is 2.19. The minimum absolute atomic E-state index is 1.17. The first-order chi connectivity index (χ1) is 7.43. The van der Waals surface area contributed by atoms with Gasteiger partial charge in [0.05, 0.1) is 0 Å². The maximum atomic E-state index is 3.50. The third-order valence-electron chi connectivity index (χ3n) is 2.90. The summed E-state index contributed by atoms with van der Waals surface area (Å²) in [6, 6.07) is 0. The fourth-order valence-corrected chi connectivity index (χ4v) is 2.10. The van der Waals surface area contributed by atoms with Crippen molar-refractivity contribution in [2.24, 2.45) is 0 Å². The van der Waals surface area contributed by atoms with Gasteiger partial charge in [0.1, 0.15) is 0 Å². The van der Waals surface area contributed by atoms with E-state index in [4.69, 9.17) is 0 Å². The summed E-state index contributed by atoms with van der Waals surface area (Å²) < 4.78 is 0. The lowest BCUT2D eigenvalue weighted by molar-refractivity contribution is 0.263. The van der Waals surface area contributed by atoms with E-state index in [0.717, 1.165) is 0 Å². The van der Waals surface area contributed by atoms with Crippen LogP contribution in [0.25, 0.3) is 0 Å². The van der Waals surface area contributed by atoms with Crippen LogP contribution in [0.4, 0.5) is 0 Å². The zero-order valence-electron chi connectivity index (χ0n) is 10.2. The lowest BCUT2D eigenvalue weighted by Gasteiger charge is -2.22. The zero-order valence-corrected chi connectivity index (χ0v) is 10.2. The first kappa shape index (κ1) is 12.9. The van der Waals surface area contributed by atoms with Crippen molar-refractivity contribution in [1.82, 2.24) is 15.5 Å². The predicted octanol–water partition coefficient (Wildman–Crippen LogP) is 1.06. The second-order valence-electron chi connectivity index (χ2n) is 4.40. The summed E-state index contributed by atoms with van der Waals surface area (Å²) in [7, 11) is 0. The molecule has 15 heavy (non-hydrogen) atoms. The lowest BCUT2D eigenvalue weighted by atomic mass is 10.3. The number of nitrogens with one attached hydrogen (secondary N) is 2. The molecule has 3 heteroatoms. The van der Waals surface area contributed by atoms with Gasteiger partial charge in [-0.15, -0.1) is 0 Å². The Labute approximate surface area is 94.6 Å². The molecule has 1 aliphatic rings. The van der Waals surface area contributed by atoms with Crippen LogP contribution >= 0.6 is 0 Å². The topological polar surface area (TPSA) is 27.3 Å². The third-order valence-corrected chi connectivity index (χ3v) is 2.90. The molecule has 0 radical (unpaired) electrons. The number of hydrogen-bond acceptors (Lipinski definition) is 3. The highest BCUT2D eigenvalue weighted by atomic mass is 15.1. The maximum absolute atomic E-state index is 3.50. The first-order valence-corrected chi connectivity index (χ1v) is 6.57. The summed E-state index contributed by atoms with van der Waals surface area (Å²) >= 11 is 0. The van der Waals surface area contributed by atoms with Crippen molar-refractivity contribution in [3.8, 4) is 0 Å². The molecule has 0 amide bonds. The molecule has 2 N–H and O–H groups in total. The first-order valence-electron chi connectivity index (χ1n) is 6.57. The Bertz CT molecular complexity index is 127. The van der Waals surface area contributed by atoms with Gasteiger partial charge in [-0.1, -0.05) is 6.92 Å². The van der Waals surface area contributed by atoms with Gasteiger partial charge in [-0.25, -0.2) is 0 Å². The molecule has 0 aliphatic carbocycles. The van der Waals surface area contributed by atoms with Gasteiger partial charge in [0.2, 0.25) is 0 Å². The van der Waals surface area contributed by atoms with Gasteiger partial charge in [-0.05, 0) is 71.5 Å². The molecule has 0 spiro atoms. The van der Waals surface area contributed by atoms with Crippen LogP contribution in [0.5, 0.6) is 0 Å². The molecule has 0 unspecified atom stereocenters. The molecule has 1 aliphatic heterocycles. The number of nitrogens with zero attached hydrogens (tertiary/aromatic N) is 1. The van der Waals surface area contributed by atoms with Gasteiger partial charge < -0.3 is 15.5 Å². The van der Waals surface area contributed by atoms with E-state index in [1.54, 1.807) is 0 Å². The van der Waals surface area contributed by atoms with Gasteiger partial charge in [0, 0.05) is 0 Å². The molecule has 1 saturated heterocycles. The highest BCUT2D eigenvalue weighted by Crippen LogP contribution is 1.96. The highest BCUT2D eigenvalue weighted by molar-refractivity contribution is 4.62. The molecular formula is C12H27N3. The fraction of sp³-hybridized carbons (Fsp3) is 1.00. The summed E-state index contributed by atoms with van der Waals surface area (Å²) in [5.41, 5.74) is 0. The molecule has 1 rings (SSSR count). The number of rotatable bonds is 2. The van der Waals surface area contributed by atoms with Crippen molar-refractivity contribution < 1.29 is 0 Å². The smallest absolute Gasteiger partial charge is 0.000663 e. The number of hydrogen-bond donors (Lipinski definition) is 2. The van der Waals surface area contributed by atoms with Crippen molar-refractivity contribution >= 4 is 0 Å². The van der Waals surface area contributed by atoms with E-state index < -0.39 is 0 Å². The molecule has 0 aromatic heterocycles. The summed E-state index contributed by atoms with van der Waals surface area (Å²) in [5.74, 6) is 0. The second-order valence-corrected chi connectivity index (χ2v) is 4.40. The molecule has 0 saturated carbocycles. The zero-order chi connectivity index (χ0) is 10.8. The standard InChI is InChI=1S/C12H27N3/c1-2-10-15-11-4-8-13-6-3-7-14-9-5-12-15/h13-14H,2-12H2,1H3. The lowest BCUT2D eigenvalue weighted by Crippen LogP contribution is -2.33. The van der Waals surface area contributed by atoms with Gasteiger partial charge in [-0.3, -0.25) is 0 Å². The molecule has 3 nitrogen and oxygen atoms in total. The minimum Gasteiger partial charge on any atom is -0.317 e. The van der Waals surface area contributed by atoms with Gasteiger partial charge >= 0.3 is 0 Å². The van der Waals surface area contributed by atoms with Crippen molar-refractivity contribution in [3.63, 3.8) is 0 Å². The maximum Gasteiger partial charge on any atom is -0.000663 e. The van der Waals surface area contributed by atoms with Crippen molar-refractivity contribution in [2.45, 2.75) is 32.6 Å². The molecule has 0 aromatic rings. The molecule has 90 valence electrons. The van der Waals surface area contributed by atoms with E-state index in [1.165, 1.54) is 71.5 Å². The Hall–Kier alpha value is -0.120. The van der Waals surface area contributed by atoms with E-state index in [2.05, 4.69) is 22.5 Å². The van der Waals surface area contributed by atoms with Gasteiger partial charge in [0.15, 0.2) is 0 Å². The van der Waals surface area contributed by atoms with Crippen LogP contribution in [0.1, 0.15) is 32.6 Å². The van der Waals surface area contributed by atoms with Crippen LogP contribution in [-0.4, -0.2) is 50.7 Å². The fourth-order valence-electron chi connectivity index (χ4n) is 2.10. The van der Waals surface area contributed by atoms with Crippen molar-refractivity contribution in [1.29, 1.82) is 0 Å². The van der Waals surface area contributed by atoms with E-state index >= 15 is 0 Å². The average molecular weight is 213 g/mol. The molecule has 1 fully saturated rings. The summed E-state index contributed by atoms with van der Waals surface area (Å²) in [5, 5.41) is 7.00. The van der Waals surface area contributed by atoms with Gasteiger partial charge in [0.25, 0.3) is 0 Å². The van der Waals surface area contributed by atoms with Crippen LogP contribution in [0, 0.1) is 0 Å². The normalized spacial score (nSPS) is 23.0. The third kappa shape index (κ3) is 6.88. The second kappa shape index (κ2) is 9.13. The molecule has 0 atom stereocenters. The average Bonchev–Trinajstić information content (AvgIpc) is 2.22. The molecule has 1 heterocycles. The van der Waals surface area contributed by atoms with Crippen LogP contribution in [0.3, 0.4) is 0 Å². The SMILES string of the molecule is CCCN1CCCNCCCNCCC1. The van der Waals surface area contributed by atoms with E-state index in [9.17, 15) is 0 Å². The molecule has 0 bridgehead atoms. The summed E-state index contributed by atoms with van der Waals surface area (Å²) in [6.07, 6.45) is 5.14. The predicted molar refractivity (Wildman–Crippen MR) is 66.3 cm³/mol.